The van der Waals surface area contributed by atoms with E-state index < -0.39 is 5.97 Å². The Morgan fingerprint density at radius 3 is 2.88 bits per heavy atom. The first-order valence-corrected chi connectivity index (χ1v) is 8.48. The van der Waals surface area contributed by atoms with E-state index in [9.17, 15) is 9.90 Å². The summed E-state index contributed by atoms with van der Waals surface area (Å²) in [7, 11) is 0. The molecule has 0 unspecified atom stereocenters. The van der Waals surface area contributed by atoms with Gasteiger partial charge in [-0.15, -0.1) is 0 Å². The largest absolute Gasteiger partial charge is 0.489 e. The van der Waals surface area contributed by atoms with Gasteiger partial charge in [-0.3, -0.25) is 4.68 Å². The molecular formula is C19H17BrN2O3. The molecule has 1 aromatic heterocycles. The summed E-state index contributed by atoms with van der Waals surface area (Å²) < 4.78 is 8.53. The fourth-order valence-corrected chi connectivity index (χ4v) is 3.00. The van der Waals surface area contributed by atoms with Gasteiger partial charge in [0.25, 0.3) is 0 Å². The van der Waals surface area contributed by atoms with Crippen LogP contribution in [0.25, 0.3) is 10.9 Å². The van der Waals surface area contributed by atoms with Gasteiger partial charge in [0.05, 0.1) is 23.8 Å². The van der Waals surface area contributed by atoms with Gasteiger partial charge in [-0.1, -0.05) is 28.6 Å². The first kappa shape index (κ1) is 17.2. The molecule has 3 rings (SSSR count). The first-order chi connectivity index (χ1) is 12.0. The molecule has 128 valence electrons. The SMILES string of the molecule is C=C(C)COc1ccc(Br)cc1Cn1ncc2c(C(=O)O)cccc21. The van der Waals surface area contributed by atoms with Crippen LogP contribution in [0.2, 0.25) is 0 Å². The fraction of sp³-hybridized carbons (Fsp3) is 0.158. The Bertz CT molecular complexity index is 962. The van der Waals surface area contributed by atoms with E-state index in [1.165, 1.54) is 0 Å². The summed E-state index contributed by atoms with van der Waals surface area (Å²) in [6.45, 7) is 6.67. The number of nitrogens with zero attached hydrogens (tertiary/aromatic N) is 2. The number of rotatable bonds is 6. The number of hydrogen-bond donors (Lipinski definition) is 1. The second-order valence-electron chi connectivity index (χ2n) is 5.84. The highest BCUT2D eigenvalue weighted by atomic mass is 79.9. The van der Waals surface area contributed by atoms with Crippen molar-refractivity contribution in [2.75, 3.05) is 6.61 Å². The summed E-state index contributed by atoms with van der Waals surface area (Å²) in [5, 5.41) is 14.3. The van der Waals surface area contributed by atoms with Gasteiger partial charge >= 0.3 is 5.97 Å². The van der Waals surface area contributed by atoms with Crippen LogP contribution in [0.5, 0.6) is 5.75 Å². The number of carboxylic acids is 1. The monoisotopic (exact) mass is 400 g/mol. The average molecular weight is 401 g/mol. The lowest BCUT2D eigenvalue weighted by atomic mass is 10.1. The van der Waals surface area contributed by atoms with Crippen LogP contribution >= 0.6 is 15.9 Å². The Hall–Kier alpha value is -2.60. The highest BCUT2D eigenvalue weighted by Crippen LogP contribution is 2.26. The zero-order valence-electron chi connectivity index (χ0n) is 13.7. The zero-order chi connectivity index (χ0) is 18.0. The quantitative estimate of drug-likeness (QED) is 0.618. The lowest BCUT2D eigenvalue weighted by Crippen LogP contribution is -2.06. The predicted octanol–water partition coefficient (Wildman–Crippen LogP) is 4.50. The molecule has 0 atom stereocenters. The van der Waals surface area contributed by atoms with Crippen molar-refractivity contribution < 1.29 is 14.6 Å². The summed E-state index contributed by atoms with van der Waals surface area (Å²) >= 11 is 3.48. The Labute approximate surface area is 153 Å². The van der Waals surface area contributed by atoms with Crippen molar-refractivity contribution in [2.24, 2.45) is 0 Å². The highest BCUT2D eigenvalue weighted by Gasteiger charge is 2.13. The smallest absolute Gasteiger partial charge is 0.336 e. The van der Waals surface area contributed by atoms with Crippen molar-refractivity contribution in [3.63, 3.8) is 0 Å². The number of ether oxygens (including phenoxy) is 1. The second-order valence-corrected chi connectivity index (χ2v) is 6.76. The molecule has 1 heterocycles. The number of carbonyl (C=O) groups is 1. The number of carboxylic acid groups (broad SMARTS) is 1. The normalized spacial score (nSPS) is 10.8. The van der Waals surface area contributed by atoms with Crippen LogP contribution in [0.3, 0.4) is 0 Å². The van der Waals surface area contributed by atoms with Crippen LogP contribution in [0, 0.1) is 0 Å². The van der Waals surface area contributed by atoms with E-state index in [2.05, 4.69) is 27.6 Å². The molecular weight excluding hydrogens is 384 g/mol. The molecule has 0 saturated heterocycles. The van der Waals surface area contributed by atoms with Crippen LogP contribution in [-0.4, -0.2) is 27.5 Å². The molecule has 1 N–H and O–H groups in total. The van der Waals surface area contributed by atoms with Gasteiger partial charge in [0, 0.05) is 15.4 Å². The van der Waals surface area contributed by atoms with Crippen LogP contribution < -0.4 is 4.74 Å². The fourth-order valence-electron chi connectivity index (χ4n) is 2.59. The summed E-state index contributed by atoms with van der Waals surface area (Å²) in [5.41, 5.74) is 2.90. The maximum atomic E-state index is 11.4. The third-order valence-corrected chi connectivity index (χ3v) is 4.23. The van der Waals surface area contributed by atoms with Crippen LogP contribution in [0.4, 0.5) is 0 Å². The molecule has 3 aromatic rings. The zero-order valence-corrected chi connectivity index (χ0v) is 15.3. The van der Waals surface area contributed by atoms with Crippen molar-refractivity contribution in [2.45, 2.75) is 13.5 Å². The lowest BCUT2D eigenvalue weighted by molar-refractivity contribution is 0.0699. The third kappa shape index (κ3) is 3.74. The highest BCUT2D eigenvalue weighted by molar-refractivity contribution is 9.10. The predicted molar refractivity (Wildman–Crippen MR) is 100 cm³/mol. The molecule has 0 fully saturated rings. The molecule has 0 spiro atoms. The summed E-state index contributed by atoms with van der Waals surface area (Å²) in [5.74, 6) is -0.206. The van der Waals surface area contributed by atoms with E-state index in [-0.39, 0.29) is 5.56 Å². The standard InChI is InChI=1S/C19H17BrN2O3/c1-12(2)11-25-18-7-6-14(20)8-13(18)10-22-17-5-3-4-15(19(23)24)16(17)9-21-22/h3-9H,1,10-11H2,2H3,(H,23,24). The number of hydrogen-bond acceptors (Lipinski definition) is 3. The van der Waals surface area contributed by atoms with Crippen molar-refractivity contribution in [1.29, 1.82) is 0 Å². The maximum Gasteiger partial charge on any atom is 0.336 e. The Morgan fingerprint density at radius 2 is 2.16 bits per heavy atom. The second kappa shape index (κ2) is 7.11. The minimum atomic E-state index is -0.960. The van der Waals surface area contributed by atoms with E-state index in [0.29, 0.717) is 18.5 Å². The van der Waals surface area contributed by atoms with Gasteiger partial charge in [0.15, 0.2) is 0 Å². The molecule has 0 aliphatic carbocycles. The van der Waals surface area contributed by atoms with Gasteiger partial charge in [-0.25, -0.2) is 4.79 Å². The van der Waals surface area contributed by atoms with Gasteiger partial charge < -0.3 is 9.84 Å². The van der Waals surface area contributed by atoms with Crippen molar-refractivity contribution >= 4 is 32.8 Å². The van der Waals surface area contributed by atoms with E-state index in [1.807, 2.05) is 31.2 Å². The van der Waals surface area contributed by atoms with E-state index in [4.69, 9.17) is 4.74 Å². The summed E-state index contributed by atoms with van der Waals surface area (Å²) in [6, 6.07) is 11.0. The number of aromatic carboxylic acids is 1. The van der Waals surface area contributed by atoms with Crippen LogP contribution in [-0.2, 0) is 6.54 Å². The van der Waals surface area contributed by atoms with Crippen LogP contribution in [0.15, 0.2) is 59.2 Å². The third-order valence-electron chi connectivity index (χ3n) is 3.73. The number of halogens is 1. The molecule has 0 aliphatic rings. The topological polar surface area (TPSA) is 64.4 Å². The number of benzene rings is 2. The Balaban J connectivity index is 1.99. The average Bonchev–Trinajstić information content (AvgIpc) is 2.97. The molecule has 0 amide bonds. The van der Waals surface area contributed by atoms with Crippen molar-refractivity contribution in [3.8, 4) is 5.75 Å². The Morgan fingerprint density at radius 1 is 1.36 bits per heavy atom. The van der Waals surface area contributed by atoms with E-state index >= 15 is 0 Å². The summed E-state index contributed by atoms with van der Waals surface area (Å²) in [6.07, 6.45) is 1.59. The van der Waals surface area contributed by atoms with E-state index in [0.717, 1.165) is 26.9 Å². The molecule has 0 radical (unpaired) electrons. The molecule has 0 bridgehead atoms. The van der Waals surface area contributed by atoms with Crippen molar-refractivity contribution in [3.05, 3.63) is 70.3 Å². The van der Waals surface area contributed by atoms with Gasteiger partial charge in [-0.2, -0.15) is 5.10 Å². The number of aromatic nitrogens is 2. The lowest BCUT2D eigenvalue weighted by Gasteiger charge is -2.13. The molecule has 6 heteroatoms. The van der Waals surface area contributed by atoms with E-state index in [1.54, 1.807) is 23.0 Å². The maximum absolute atomic E-state index is 11.4. The molecule has 25 heavy (non-hydrogen) atoms. The minimum Gasteiger partial charge on any atom is -0.489 e. The minimum absolute atomic E-state index is 0.247. The van der Waals surface area contributed by atoms with Gasteiger partial charge in [0.2, 0.25) is 0 Å². The Kier molecular flexibility index (Phi) is 4.90. The number of fused-ring (bicyclic) bond motifs is 1. The molecule has 2 aromatic carbocycles. The molecule has 0 aliphatic heterocycles. The van der Waals surface area contributed by atoms with Crippen LogP contribution in [0.1, 0.15) is 22.8 Å². The first-order valence-electron chi connectivity index (χ1n) is 7.69. The molecule has 5 nitrogen and oxygen atoms in total. The molecule has 0 saturated carbocycles. The van der Waals surface area contributed by atoms with Gasteiger partial charge in [-0.05, 0) is 42.8 Å². The summed E-state index contributed by atoms with van der Waals surface area (Å²) in [4.78, 5) is 11.4. The van der Waals surface area contributed by atoms with Crippen molar-refractivity contribution in [1.82, 2.24) is 9.78 Å². The van der Waals surface area contributed by atoms with Gasteiger partial charge in [0.1, 0.15) is 12.4 Å².